The van der Waals surface area contributed by atoms with Crippen LogP contribution in [0, 0.1) is 6.92 Å². The molecule has 0 unspecified atom stereocenters. The van der Waals surface area contributed by atoms with Crippen LogP contribution < -0.4 is 24.8 Å². The largest absolute Gasteiger partial charge is 0.496 e. The first-order valence-corrected chi connectivity index (χ1v) is 12.0. The number of rotatable bonds is 7. The summed E-state index contributed by atoms with van der Waals surface area (Å²) in [6, 6.07) is 9.75. The maximum Gasteiger partial charge on any atom is 0.309 e. The van der Waals surface area contributed by atoms with E-state index in [9.17, 15) is 18.0 Å². The van der Waals surface area contributed by atoms with Gasteiger partial charge in [0.25, 0.3) is 0 Å². The second-order valence-electron chi connectivity index (χ2n) is 7.65. The lowest BCUT2D eigenvalue weighted by Crippen LogP contribution is -2.47. The van der Waals surface area contributed by atoms with Crippen LogP contribution >= 0.6 is 0 Å². The molecule has 34 heavy (non-hydrogen) atoms. The van der Waals surface area contributed by atoms with Crippen molar-refractivity contribution in [1.29, 1.82) is 0 Å². The molecule has 11 nitrogen and oxygen atoms in total. The summed E-state index contributed by atoms with van der Waals surface area (Å²) < 4.78 is 48.6. The van der Waals surface area contributed by atoms with Gasteiger partial charge in [0.15, 0.2) is 11.5 Å². The topological polar surface area (TPSA) is 132 Å². The number of methoxy groups -OCH3 is 1. The zero-order valence-electron chi connectivity index (χ0n) is 18.7. The maximum atomic E-state index is 13.1. The summed E-state index contributed by atoms with van der Waals surface area (Å²) in [6.07, 6.45) is -0.932. The summed E-state index contributed by atoms with van der Waals surface area (Å²) in [5.41, 5.74) is 1.41. The fourth-order valence-corrected chi connectivity index (χ4v) is 5.26. The van der Waals surface area contributed by atoms with E-state index in [2.05, 4.69) is 10.6 Å². The first-order chi connectivity index (χ1) is 16.3. The number of benzene rings is 2. The average molecular weight is 492 g/mol. The maximum absolute atomic E-state index is 13.1. The van der Waals surface area contributed by atoms with Gasteiger partial charge in [0.2, 0.25) is 16.8 Å². The smallest absolute Gasteiger partial charge is 0.309 e. The lowest BCUT2D eigenvalue weighted by molar-refractivity contribution is -0.139. The number of aryl methyl sites for hydroxylation is 1. The van der Waals surface area contributed by atoms with Crippen molar-refractivity contribution in [3.8, 4) is 17.2 Å². The molecule has 0 saturated carbocycles. The molecule has 12 heteroatoms. The van der Waals surface area contributed by atoms with Gasteiger partial charge < -0.3 is 29.6 Å². The number of nitrogens with one attached hydrogen (secondary N) is 2. The van der Waals surface area contributed by atoms with Crippen molar-refractivity contribution in [2.75, 3.05) is 33.6 Å². The Balaban J connectivity index is 1.32. The van der Waals surface area contributed by atoms with Crippen LogP contribution in [0.1, 0.15) is 11.1 Å². The summed E-state index contributed by atoms with van der Waals surface area (Å²) in [5, 5.41) is 4.96. The minimum absolute atomic E-state index is 0.0918. The van der Waals surface area contributed by atoms with Gasteiger partial charge in [-0.1, -0.05) is 6.07 Å². The molecule has 4 rings (SSSR count). The molecule has 2 aromatic rings. The monoisotopic (exact) mass is 491 g/mol. The van der Waals surface area contributed by atoms with E-state index in [4.69, 9.17) is 18.9 Å². The van der Waals surface area contributed by atoms with Crippen LogP contribution in [0.25, 0.3) is 0 Å². The second-order valence-corrected chi connectivity index (χ2v) is 9.54. The van der Waals surface area contributed by atoms with E-state index in [0.29, 0.717) is 22.8 Å². The molecule has 0 spiro atoms. The number of carbonyl (C=O) groups is 2. The van der Waals surface area contributed by atoms with Gasteiger partial charge in [-0.2, -0.15) is 4.31 Å². The van der Waals surface area contributed by atoms with Gasteiger partial charge in [-0.05, 0) is 48.4 Å². The number of fused-ring (bicyclic) bond motifs is 1. The number of carbonyl (C=O) groups excluding carboxylic acids is 2. The highest BCUT2D eigenvalue weighted by atomic mass is 32.2. The fraction of sp³-hybridized carbons (Fsp3) is 0.364. The SMILES string of the molecule is COc1ccc(S(=O)(=O)N2CCO[C@H]2CNC(=O)C(=O)NCc2ccc3c(c2)OCO3)cc1C. The molecule has 0 radical (unpaired) electrons. The number of amides is 2. The summed E-state index contributed by atoms with van der Waals surface area (Å²) in [6.45, 7) is 2.13. The summed E-state index contributed by atoms with van der Waals surface area (Å²) in [7, 11) is -2.37. The van der Waals surface area contributed by atoms with Crippen LogP contribution in [0.4, 0.5) is 0 Å². The molecule has 2 N–H and O–H groups in total. The third-order valence-electron chi connectivity index (χ3n) is 5.45. The van der Waals surface area contributed by atoms with E-state index in [1.807, 2.05) is 0 Å². The van der Waals surface area contributed by atoms with E-state index in [-0.39, 0.29) is 37.9 Å². The van der Waals surface area contributed by atoms with Gasteiger partial charge in [-0.25, -0.2) is 8.42 Å². The first-order valence-electron chi connectivity index (χ1n) is 10.5. The molecule has 0 aliphatic carbocycles. The minimum atomic E-state index is -3.88. The van der Waals surface area contributed by atoms with Crippen molar-refractivity contribution in [3.63, 3.8) is 0 Å². The lowest BCUT2D eigenvalue weighted by Gasteiger charge is -2.23. The third kappa shape index (κ3) is 4.93. The number of ether oxygens (including phenoxy) is 4. The Kier molecular flexibility index (Phi) is 6.91. The molecule has 2 aromatic carbocycles. The predicted molar refractivity (Wildman–Crippen MR) is 119 cm³/mol. The van der Waals surface area contributed by atoms with Crippen molar-refractivity contribution < 1.29 is 37.0 Å². The molecule has 1 atom stereocenters. The minimum Gasteiger partial charge on any atom is -0.496 e. The quantitative estimate of drug-likeness (QED) is 0.536. The van der Waals surface area contributed by atoms with Crippen LogP contribution in [0.15, 0.2) is 41.3 Å². The van der Waals surface area contributed by atoms with Crippen LogP contribution in [-0.2, 0) is 30.9 Å². The van der Waals surface area contributed by atoms with Crippen LogP contribution in [0.5, 0.6) is 17.2 Å². The third-order valence-corrected chi connectivity index (χ3v) is 7.33. The summed E-state index contributed by atoms with van der Waals surface area (Å²) in [4.78, 5) is 24.5. The van der Waals surface area contributed by atoms with Gasteiger partial charge in [0.05, 0.1) is 25.2 Å². The Morgan fingerprint density at radius 2 is 1.85 bits per heavy atom. The van der Waals surface area contributed by atoms with Gasteiger partial charge in [-0.3, -0.25) is 9.59 Å². The second kappa shape index (κ2) is 9.87. The standard InChI is InChI=1S/C22H25N3O8S/c1-14-9-16(4-6-17(14)30-2)34(28,29)25-7-8-31-20(25)12-24-22(27)21(26)23-11-15-3-5-18-19(10-15)33-13-32-18/h3-6,9-10,20H,7-8,11-13H2,1-2H3,(H,23,26)(H,24,27)/t20-/m0/s1. The average Bonchev–Trinajstić information content (AvgIpc) is 3.50. The Hall–Kier alpha value is -3.35. The van der Waals surface area contributed by atoms with Gasteiger partial charge >= 0.3 is 11.8 Å². The van der Waals surface area contributed by atoms with Gasteiger partial charge in [0.1, 0.15) is 12.0 Å². The van der Waals surface area contributed by atoms with Crippen LogP contribution in [-0.4, -0.2) is 64.4 Å². The Labute approximate surface area is 197 Å². The number of sulfonamides is 1. The lowest BCUT2D eigenvalue weighted by atomic mass is 10.2. The predicted octanol–water partition coefficient (Wildman–Crippen LogP) is 0.512. The number of hydrogen-bond acceptors (Lipinski definition) is 8. The molecule has 2 aliphatic heterocycles. The highest BCUT2D eigenvalue weighted by molar-refractivity contribution is 7.89. The van der Waals surface area contributed by atoms with E-state index in [0.717, 1.165) is 5.56 Å². The fourth-order valence-electron chi connectivity index (χ4n) is 3.66. The molecular weight excluding hydrogens is 466 g/mol. The van der Waals surface area contributed by atoms with Gasteiger partial charge in [0, 0.05) is 13.1 Å². The van der Waals surface area contributed by atoms with E-state index in [1.165, 1.54) is 23.5 Å². The van der Waals surface area contributed by atoms with Gasteiger partial charge in [-0.15, -0.1) is 0 Å². The molecule has 1 fully saturated rings. The van der Waals surface area contributed by atoms with Crippen molar-refractivity contribution in [2.24, 2.45) is 0 Å². The van der Waals surface area contributed by atoms with Crippen LogP contribution in [0.3, 0.4) is 0 Å². The zero-order chi connectivity index (χ0) is 24.3. The molecule has 0 bridgehead atoms. The molecular formula is C22H25N3O8S. The van der Waals surface area contributed by atoms with Crippen molar-refractivity contribution in [3.05, 3.63) is 47.5 Å². The molecule has 2 aliphatic rings. The first kappa shape index (κ1) is 23.8. The van der Waals surface area contributed by atoms with E-state index >= 15 is 0 Å². The molecule has 182 valence electrons. The van der Waals surface area contributed by atoms with E-state index in [1.54, 1.807) is 31.2 Å². The normalized spacial score (nSPS) is 17.4. The summed E-state index contributed by atoms with van der Waals surface area (Å²) in [5.74, 6) is 0.0218. The van der Waals surface area contributed by atoms with Crippen molar-refractivity contribution >= 4 is 21.8 Å². The highest BCUT2D eigenvalue weighted by Crippen LogP contribution is 2.32. The number of nitrogens with zero attached hydrogens (tertiary/aromatic N) is 1. The Morgan fingerprint density at radius 1 is 1.09 bits per heavy atom. The molecule has 2 amide bonds. The Bertz CT molecular complexity index is 1200. The van der Waals surface area contributed by atoms with Crippen molar-refractivity contribution in [1.82, 2.24) is 14.9 Å². The van der Waals surface area contributed by atoms with Crippen LogP contribution in [0.2, 0.25) is 0 Å². The number of hydrogen-bond donors (Lipinski definition) is 2. The van der Waals surface area contributed by atoms with E-state index < -0.39 is 28.1 Å². The molecule has 1 saturated heterocycles. The molecule has 2 heterocycles. The molecule has 0 aromatic heterocycles. The van der Waals surface area contributed by atoms with Crippen molar-refractivity contribution in [2.45, 2.75) is 24.6 Å². The highest BCUT2D eigenvalue weighted by Gasteiger charge is 2.37. The summed E-state index contributed by atoms with van der Waals surface area (Å²) >= 11 is 0. The Morgan fingerprint density at radius 3 is 2.62 bits per heavy atom. The zero-order valence-corrected chi connectivity index (χ0v) is 19.5.